The van der Waals surface area contributed by atoms with Crippen LogP contribution in [0.3, 0.4) is 0 Å². The molecular formula is C11H12FN3S3. The number of rotatable bonds is 4. The van der Waals surface area contributed by atoms with E-state index in [0.717, 1.165) is 14.2 Å². The lowest BCUT2D eigenvalue weighted by atomic mass is 10.1. The van der Waals surface area contributed by atoms with E-state index in [1.807, 2.05) is 19.2 Å². The van der Waals surface area contributed by atoms with Crippen molar-refractivity contribution in [2.24, 2.45) is 5.73 Å². The zero-order valence-electron chi connectivity index (χ0n) is 9.88. The third-order valence-corrected chi connectivity index (χ3v) is 5.24. The maximum Gasteiger partial charge on any atom is 0.179 e. The summed E-state index contributed by atoms with van der Waals surface area (Å²) >= 11 is 4.28. The molecule has 18 heavy (non-hydrogen) atoms. The number of hydrogen-bond acceptors (Lipinski definition) is 6. The summed E-state index contributed by atoms with van der Waals surface area (Å²) in [6.45, 7) is 1.83. The van der Waals surface area contributed by atoms with Crippen LogP contribution in [0.4, 0.5) is 4.39 Å². The van der Waals surface area contributed by atoms with Crippen LogP contribution in [0, 0.1) is 5.82 Å². The van der Waals surface area contributed by atoms with E-state index >= 15 is 0 Å². The molecule has 2 rings (SSSR count). The number of benzene rings is 1. The molecule has 7 heteroatoms. The lowest BCUT2D eigenvalue weighted by Crippen LogP contribution is -2.05. The lowest BCUT2D eigenvalue weighted by Gasteiger charge is -2.07. The van der Waals surface area contributed by atoms with E-state index in [4.69, 9.17) is 5.73 Å². The predicted octanol–water partition coefficient (Wildman–Crippen LogP) is 3.57. The van der Waals surface area contributed by atoms with Crippen LogP contribution in [0.1, 0.15) is 18.5 Å². The van der Waals surface area contributed by atoms with Gasteiger partial charge in [0.2, 0.25) is 0 Å². The minimum Gasteiger partial charge on any atom is -0.324 e. The normalized spacial score (nSPS) is 12.7. The highest BCUT2D eigenvalue weighted by Gasteiger charge is 2.10. The van der Waals surface area contributed by atoms with Crippen LogP contribution in [0.15, 0.2) is 31.8 Å². The third kappa shape index (κ3) is 3.23. The summed E-state index contributed by atoms with van der Waals surface area (Å²) in [4.78, 5) is 0.545. The van der Waals surface area contributed by atoms with Crippen molar-refractivity contribution in [2.75, 3.05) is 6.26 Å². The van der Waals surface area contributed by atoms with Crippen LogP contribution in [0.2, 0.25) is 0 Å². The fourth-order valence-corrected chi connectivity index (χ4v) is 3.70. The summed E-state index contributed by atoms with van der Waals surface area (Å²) in [6, 6.07) is 4.89. The van der Waals surface area contributed by atoms with E-state index in [2.05, 4.69) is 10.2 Å². The number of halogens is 1. The highest BCUT2D eigenvalue weighted by atomic mass is 32.2. The molecule has 2 N–H and O–H groups in total. The van der Waals surface area contributed by atoms with Gasteiger partial charge in [-0.1, -0.05) is 40.9 Å². The first kappa shape index (κ1) is 13.8. The summed E-state index contributed by atoms with van der Waals surface area (Å²) < 4.78 is 15.5. The van der Waals surface area contributed by atoms with Crippen LogP contribution in [-0.2, 0) is 0 Å². The molecule has 1 aromatic heterocycles. The van der Waals surface area contributed by atoms with Gasteiger partial charge >= 0.3 is 0 Å². The molecule has 0 bridgehead atoms. The molecule has 0 saturated carbocycles. The number of thioether (sulfide) groups is 1. The zero-order valence-corrected chi connectivity index (χ0v) is 12.3. The van der Waals surface area contributed by atoms with Gasteiger partial charge in [-0.15, -0.1) is 10.2 Å². The molecule has 0 aliphatic rings. The number of aromatic nitrogens is 2. The van der Waals surface area contributed by atoms with Crippen molar-refractivity contribution in [1.82, 2.24) is 10.2 Å². The average Bonchev–Trinajstić information content (AvgIpc) is 2.79. The monoisotopic (exact) mass is 301 g/mol. The van der Waals surface area contributed by atoms with E-state index in [-0.39, 0.29) is 11.9 Å². The van der Waals surface area contributed by atoms with Gasteiger partial charge in [0, 0.05) is 6.04 Å². The topological polar surface area (TPSA) is 51.8 Å². The molecule has 0 unspecified atom stereocenters. The molecule has 0 saturated heterocycles. The second kappa shape index (κ2) is 6.01. The molecule has 2 aromatic rings. The summed E-state index contributed by atoms with van der Waals surface area (Å²) in [5.74, 6) is -0.268. The SMILES string of the molecule is CSc1nnc(Sc2ccc([C@H](C)N)cc2F)s1. The smallest absolute Gasteiger partial charge is 0.179 e. The van der Waals surface area contributed by atoms with Crippen molar-refractivity contribution >= 4 is 34.9 Å². The summed E-state index contributed by atoms with van der Waals surface area (Å²) in [6.07, 6.45) is 1.94. The minimum atomic E-state index is -0.268. The molecule has 0 aliphatic heterocycles. The average molecular weight is 301 g/mol. The van der Waals surface area contributed by atoms with Crippen molar-refractivity contribution < 1.29 is 4.39 Å². The third-order valence-electron chi connectivity index (χ3n) is 2.24. The molecule has 0 radical (unpaired) electrons. The molecule has 1 heterocycles. The lowest BCUT2D eigenvalue weighted by molar-refractivity contribution is 0.596. The second-order valence-corrected chi connectivity index (χ2v) is 6.94. The Balaban J connectivity index is 2.19. The van der Waals surface area contributed by atoms with Gasteiger partial charge in [-0.2, -0.15) is 0 Å². The van der Waals surface area contributed by atoms with Gasteiger partial charge in [0.1, 0.15) is 5.82 Å². The molecule has 3 nitrogen and oxygen atoms in total. The Kier molecular flexibility index (Phi) is 4.60. The van der Waals surface area contributed by atoms with E-state index in [1.54, 1.807) is 6.07 Å². The Morgan fingerprint density at radius 3 is 2.61 bits per heavy atom. The van der Waals surface area contributed by atoms with E-state index in [1.165, 1.54) is 40.9 Å². The molecular weight excluding hydrogens is 289 g/mol. The van der Waals surface area contributed by atoms with Gasteiger partial charge in [-0.3, -0.25) is 0 Å². The van der Waals surface area contributed by atoms with Crippen molar-refractivity contribution in [3.8, 4) is 0 Å². The predicted molar refractivity (Wildman–Crippen MR) is 74.8 cm³/mol. The van der Waals surface area contributed by atoms with Crippen LogP contribution in [-0.4, -0.2) is 16.5 Å². The van der Waals surface area contributed by atoms with Crippen molar-refractivity contribution in [1.29, 1.82) is 0 Å². The summed E-state index contributed by atoms with van der Waals surface area (Å²) in [5.41, 5.74) is 6.50. The van der Waals surface area contributed by atoms with Crippen molar-refractivity contribution in [2.45, 2.75) is 26.5 Å². The van der Waals surface area contributed by atoms with Crippen LogP contribution in [0.25, 0.3) is 0 Å². The van der Waals surface area contributed by atoms with Gasteiger partial charge in [-0.25, -0.2) is 4.39 Å². The van der Waals surface area contributed by atoms with Crippen molar-refractivity contribution in [3.05, 3.63) is 29.6 Å². The number of nitrogens with two attached hydrogens (primary N) is 1. The number of hydrogen-bond donors (Lipinski definition) is 1. The first-order valence-corrected chi connectivity index (χ1v) is 8.06. The first-order chi connectivity index (χ1) is 8.60. The highest BCUT2D eigenvalue weighted by molar-refractivity contribution is 8.03. The van der Waals surface area contributed by atoms with E-state index in [0.29, 0.717) is 4.90 Å². The first-order valence-electron chi connectivity index (χ1n) is 5.20. The summed E-state index contributed by atoms with van der Waals surface area (Å²) in [7, 11) is 0. The van der Waals surface area contributed by atoms with Gasteiger partial charge in [-0.05, 0) is 30.9 Å². The van der Waals surface area contributed by atoms with Gasteiger partial charge in [0.15, 0.2) is 8.68 Å². The van der Waals surface area contributed by atoms with Crippen LogP contribution in [0.5, 0.6) is 0 Å². The summed E-state index contributed by atoms with van der Waals surface area (Å²) in [5, 5.41) is 7.97. The Morgan fingerprint density at radius 1 is 1.33 bits per heavy atom. The van der Waals surface area contributed by atoms with Crippen molar-refractivity contribution in [3.63, 3.8) is 0 Å². The standard InChI is InChI=1S/C11H12FN3S3/c1-6(13)7-3-4-9(8(12)5-7)17-11-15-14-10(16-2)18-11/h3-6H,13H2,1-2H3/t6-/m0/s1. The zero-order chi connectivity index (χ0) is 13.1. The molecule has 0 fully saturated rings. The minimum absolute atomic E-state index is 0.164. The Morgan fingerprint density at radius 2 is 2.06 bits per heavy atom. The van der Waals surface area contributed by atoms with Gasteiger partial charge in [0.25, 0.3) is 0 Å². The van der Waals surface area contributed by atoms with Crippen LogP contribution >= 0.6 is 34.9 Å². The van der Waals surface area contributed by atoms with E-state index in [9.17, 15) is 4.39 Å². The van der Waals surface area contributed by atoms with Gasteiger partial charge in [0.05, 0.1) is 4.90 Å². The fourth-order valence-electron chi connectivity index (χ4n) is 1.30. The van der Waals surface area contributed by atoms with Crippen LogP contribution < -0.4 is 5.73 Å². The largest absolute Gasteiger partial charge is 0.324 e. The maximum atomic E-state index is 13.9. The Labute approximate surface area is 117 Å². The molecule has 1 atom stereocenters. The fraction of sp³-hybridized carbons (Fsp3) is 0.273. The molecule has 0 spiro atoms. The van der Waals surface area contributed by atoms with E-state index < -0.39 is 0 Å². The quantitative estimate of drug-likeness (QED) is 0.875. The molecule has 0 aliphatic carbocycles. The Bertz CT molecular complexity index is 542. The molecule has 96 valence electrons. The molecule has 0 amide bonds. The second-order valence-electron chi connectivity index (χ2n) is 3.62. The number of nitrogens with zero attached hydrogens (tertiary/aromatic N) is 2. The Hall–Kier alpha value is -0.630. The van der Waals surface area contributed by atoms with Gasteiger partial charge < -0.3 is 5.73 Å². The highest BCUT2D eigenvalue weighted by Crippen LogP contribution is 2.34. The molecule has 1 aromatic carbocycles. The maximum absolute atomic E-state index is 13.9.